The Labute approximate surface area is 67.7 Å². The van der Waals surface area contributed by atoms with E-state index in [9.17, 15) is 5.11 Å². The molecule has 0 bridgehead atoms. The van der Waals surface area contributed by atoms with Gasteiger partial charge in [0.2, 0.25) is 0 Å². The summed E-state index contributed by atoms with van der Waals surface area (Å²) in [5.41, 5.74) is -0.384. The van der Waals surface area contributed by atoms with E-state index in [1.54, 1.807) is 0 Å². The number of ether oxygens (including phenoxy) is 1. The van der Waals surface area contributed by atoms with Crippen molar-refractivity contribution in [3.63, 3.8) is 0 Å². The van der Waals surface area contributed by atoms with Crippen molar-refractivity contribution in [3.05, 3.63) is 0 Å². The molecule has 1 aliphatic rings. The number of rotatable bonds is 0. The molecule has 0 spiro atoms. The smallest absolute Gasteiger partial charge is 0.172 e. The van der Waals surface area contributed by atoms with Gasteiger partial charge in [-0.05, 0) is 27.7 Å². The summed E-state index contributed by atoms with van der Waals surface area (Å²) < 4.78 is 5.20. The minimum Gasteiger partial charge on any atom is -0.366 e. The molecule has 0 aromatic carbocycles. The fourth-order valence-corrected chi connectivity index (χ4v) is 1.47. The molecule has 11 heavy (non-hydrogen) atoms. The van der Waals surface area contributed by atoms with Gasteiger partial charge in [0.1, 0.15) is 0 Å². The van der Waals surface area contributed by atoms with E-state index in [1.165, 1.54) is 0 Å². The van der Waals surface area contributed by atoms with Crippen molar-refractivity contribution in [2.45, 2.75) is 45.1 Å². The molecule has 3 heteroatoms. The highest BCUT2D eigenvalue weighted by Gasteiger charge is 2.39. The summed E-state index contributed by atoms with van der Waals surface area (Å²) >= 11 is 0. The van der Waals surface area contributed by atoms with Gasteiger partial charge in [0.05, 0.1) is 12.1 Å². The van der Waals surface area contributed by atoms with Gasteiger partial charge in [-0.15, -0.1) is 0 Å². The number of aliphatic hydroxyl groups excluding tert-OH is 1. The summed E-state index contributed by atoms with van der Waals surface area (Å²) in [5.74, 6) is 0. The Morgan fingerprint density at radius 2 is 1.91 bits per heavy atom. The second-order valence-corrected chi connectivity index (χ2v) is 4.39. The van der Waals surface area contributed by atoms with Crippen LogP contribution in [0.3, 0.4) is 0 Å². The van der Waals surface area contributed by atoms with E-state index in [-0.39, 0.29) is 11.1 Å². The van der Waals surface area contributed by atoms with Crippen LogP contribution in [0.25, 0.3) is 0 Å². The molecule has 0 aromatic rings. The van der Waals surface area contributed by atoms with Gasteiger partial charge in [0, 0.05) is 5.54 Å². The molecule has 1 rings (SSSR count). The van der Waals surface area contributed by atoms with Crippen molar-refractivity contribution in [1.82, 2.24) is 5.32 Å². The van der Waals surface area contributed by atoms with Gasteiger partial charge in [0.25, 0.3) is 0 Å². The zero-order chi connectivity index (χ0) is 8.70. The third-order valence-corrected chi connectivity index (χ3v) is 1.88. The van der Waals surface area contributed by atoms with Gasteiger partial charge in [-0.1, -0.05) is 0 Å². The van der Waals surface area contributed by atoms with Crippen LogP contribution in [0.4, 0.5) is 0 Å². The van der Waals surface area contributed by atoms with Crippen LogP contribution in [-0.2, 0) is 4.74 Å². The predicted octanol–water partition coefficient (Wildman–Crippen LogP) is 0.482. The molecule has 0 aliphatic carbocycles. The molecule has 0 saturated carbocycles. The largest absolute Gasteiger partial charge is 0.366 e. The maximum atomic E-state index is 9.38. The van der Waals surface area contributed by atoms with E-state index >= 15 is 0 Å². The summed E-state index contributed by atoms with van der Waals surface area (Å²) in [6, 6.07) is 0. The molecule has 1 heterocycles. The average molecular weight is 159 g/mol. The summed E-state index contributed by atoms with van der Waals surface area (Å²) in [5, 5.41) is 12.7. The Hall–Kier alpha value is -0.120. The minimum absolute atomic E-state index is 0.0390. The molecule has 1 aliphatic heterocycles. The number of nitrogens with one attached hydrogen (secondary N) is 1. The van der Waals surface area contributed by atoms with Crippen LogP contribution in [-0.4, -0.2) is 29.1 Å². The van der Waals surface area contributed by atoms with Gasteiger partial charge in [-0.2, -0.15) is 0 Å². The van der Waals surface area contributed by atoms with Crippen molar-refractivity contribution in [1.29, 1.82) is 0 Å². The molecule has 2 N–H and O–H groups in total. The molecule has 3 nitrogen and oxygen atoms in total. The van der Waals surface area contributed by atoms with Crippen LogP contribution in [0.5, 0.6) is 0 Å². The Kier molecular flexibility index (Phi) is 1.99. The number of morpholine rings is 1. The lowest BCUT2D eigenvalue weighted by Gasteiger charge is -2.45. The molecular weight excluding hydrogens is 142 g/mol. The molecule has 0 radical (unpaired) electrons. The van der Waals surface area contributed by atoms with Gasteiger partial charge >= 0.3 is 0 Å². The fourth-order valence-electron chi connectivity index (χ4n) is 1.47. The molecule has 0 aromatic heterocycles. The SMILES string of the molecule is CC1(C)COC(O)C(C)(C)N1. The van der Waals surface area contributed by atoms with Gasteiger partial charge < -0.3 is 15.2 Å². The number of aliphatic hydroxyl groups is 1. The van der Waals surface area contributed by atoms with E-state index < -0.39 is 6.29 Å². The van der Waals surface area contributed by atoms with Crippen LogP contribution in [0.15, 0.2) is 0 Å². The van der Waals surface area contributed by atoms with Gasteiger partial charge in [-0.3, -0.25) is 0 Å². The van der Waals surface area contributed by atoms with Gasteiger partial charge in [-0.25, -0.2) is 0 Å². The Bertz CT molecular complexity index is 154. The normalized spacial score (nSPS) is 35.2. The fraction of sp³-hybridized carbons (Fsp3) is 1.00. The predicted molar refractivity (Wildman–Crippen MR) is 43.3 cm³/mol. The van der Waals surface area contributed by atoms with Crippen LogP contribution in [0.2, 0.25) is 0 Å². The highest BCUT2D eigenvalue weighted by atomic mass is 16.6. The van der Waals surface area contributed by atoms with E-state index in [1.807, 2.05) is 13.8 Å². The molecule has 0 amide bonds. The lowest BCUT2D eigenvalue weighted by atomic mass is 9.95. The molecule has 1 unspecified atom stereocenters. The second kappa shape index (κ2) is 2.44. The van der Waals surface area contributed by atoms with Crippen molar-refractivity contribution in [2.24, 2.45) is 0 Å². The summed E-state index contributed by atoms with van der Waals surface area (Å²) in [6.07, 6.45) is -0.699. The second-order valence-electron chi connectivity index (χ2n) is 4.39. The molecule has 66 valence electrons. The first-order valence-corrected chi connectivity index (χ1v) is 3.92. The molecule has 1 fully saturated rings. The van der Waals surface area contributed by atoms with Crippen molar-refractivity contribution >= 4 is 0 Å². The number of hydrogen-bond donors (Lipinski definition) is 2. The first kappa shape index (κ1) is 8.97. The van der Waals surface area contributed by atoms with E-state index in [2.05, 4.69) is 19.2 Å². The van der Waals surface area contributed by atoms with E-state index in [4.69, 9.17) is 4.74 Å². The highest BCUT2D eigenvalue weighted by molar-refractivity contribution is 4.94. The minimum atomic E-state index is -0.699. The monoisotopic (exact) mass is 159 g/mol. The first-order valence-electron chi connectivity index (χ1n) is 3.92. The van der Waals surface area contributed by atoms with Gasteiger partial charge in [0.15, 0.2) is 6.29 Å². The Balaban J connectivity index is 2.67. The van der Waals surface area contributed by atoms with Crippen molar-refractivity contribution in [2.75, 3.05) is 6.61 Å². The average Bonchev–Trinajstić information content (AvgIpc) is 1.77. The van der Waals surface area contributed by atoms with Crippen LogP contribution in [0.1, 0.15) is 27.7 Å². The lowest BCUT2D eigenvalue weighted by Crippen LogP contribution is -2.65. The van der Waals surface area contributed by atoms with Crippen LogP contribution >= 0.6 is 0 Å². The van der Waals surface area contributed by atoms with E-state index in [0.29, 0.717) is 6.61 Å². The first-order chi connectivity index (χ1) is 4.83. The molecule has 1 atom stereocenters. The number of hydrogen-bond acceptors (Lipinski definition) is 3. The lowest BCUT2D eigenvalue weighted by molar-refractivity contribution is -0.191. The Morgan fingerprint density at radius 3 is 2.27 bits per heavy atom. The van der Waals surface area contributed by atoms with Crippen molar-refractivity contribution in [3.8, 4) is 0 Å². The Morgan fingerprint density at radius 1 is 1.36 bits per heavy atom. The van der Waals surface area contributed by atoms with Crippen LogP contribution in [0, 0.1) is 0 Å². The maximum Gasteiger partial charge on any atom is 0.172 e. The molecule has 1 saturated heterocycles. The topological polar surface area (TPSA) is 41.5 Å². The standard InChI is InChI=1S/C8H17NO2/c1-7(2)5-11-6(10)8(3,4)9-7/h6,9-10H,5H2,1-4H3. The van der Waals surface area contributed by atoms with Crippen LogP contribution < -0.4 is 5.32 Å². The summed E-state index contributed by atoms with van der Waals surface area (Å²) in [7, 11) is 0. The zero-order valence-electron chi connectivity index (χ0n) is 7.64. The van der Waals surface area contributed by atoms with E-state index in [0.717, 1.165) is 0 Å². The highest BCUT2D eigenvalue weighted by Crippen LogP contribution is 2.22. The third-order valence-electron chi connectivity index (χ3n) is 1.88. The quantitative estimate of drug-likeness (QED) is 0.540. The maximum absolute atomic E-state index is 9.38. The zero-order valence-corrected chi connectivity index (χ0v) is 7.64. The summed E-state index contributed by atoms with van der Waals surface area (Å²) in [6.45, 7) is 8.52. The summed E-state index contributed by atoms with van der Waals surface area (Å²) in [4.78, 5) is 0. The third kappa shape index (κ3) is 1.92. The molecular formula is C8H17NO2. The van der Waals surface area contributed by atoms with Crippen molar-refractivity contribution < 1.29 is 9.84 Å².